The predicted octanol–water partition coefficient (Wildman–Crippen LogP) is 1.81. The van der Waals surface area contributed by atoms with E-state index in [2.05, 4.69) is 11.9 Å². The van der Waals surface area contributed by atoms with E-state index in [-0.39, 0.29) is 53.1 Å². The SMILES string of the molecule is COC[C@@]12CCC(OC)C34C(C([C@H]5C(=O)[C@@H](OC)[C@]6(O)C[C@H]3[C@@H]5[C@H]6OC(=O)c3ccccc3)[C@H](OC)[C@@H]41)N(C)C2. The summed E-state index contributed by atoms with van der Waals surface area (Å²) in [6.07, 6.45) is -0.146. The topological polar surface area (TPSA) is 104 Å². The molecule has 218 valence electrons. The molecule has 40 heavy (non-hydrogen) atoms. The fourth-order valence-electron chi connectivity index (χ4n) is 11.6. The summed E-state index contributed by atoms with van der Waals surface area (Å²) in [5, 5.41) is 12.4. The van der Waals surface area contributed by atoms with E-state index >= 15 is 0 Å². The number of carbonyl (C=O) groups is 2. The molecule has 0 radical (unpaired) electrons. The molecule has 5 saturated carbocycles. The molecule has 9 nitrogen and oxygen atoms in total. The molecule has 1 N–H and O–H groups in total. The number of esters is 1. The molecule has 13 atom stereocenters. The Bertz CT molecular complexity index is 1200. The summed E-state index contributed by atoms with van der Waals surface area (Å²) in [5.41, 5.74) is -1.80. The molecule has 1 saturated heterocycles. The highest BCUT2D eigenvalue weighted by molar-refractivity contribution is 5.92. The zero-order valence-corrected chi connectivity index (χ0v) is 23.9. The van der Waals surface area contributed by atoms with E-state index in [9.17, 15) is 14.7 Å². The molecule has 0 amide bonds. The average Bonchev–Trinajstić information content (AvgIpc) is 3.30. The Hall–Kier alpha value is -1.88. The maximum Gasteiger partial charge on any atom is 0.338 e. The van der Waals surface area contributed by atoms with Crippen LogP contribution in [-0.4, -0.2) is 106 Å². The Morgan fingerprint density at radius 2 is 1.82 bits per heavy atom. The van der Waals surface area contributed by atoms with Gasteiger partial charge in [-0.15, -0.1) is 0 Å². The van der Waals surface area contributed by atoms with Gasteiger partial charge in [-0.1, -0.05) is 18.2 Å². The number of ketones is 1. The number of rotatable bonds is 7. The third-order valence-corrected chi connectivity index (χ3v) is 12.1. The molecule has 9 heteroatoms. The number of piperidine rings is 1. The van der Waals surface area contributed by atoms with Crippen LogP contribution in [0.5, 0.6) is 0 Å². The van der Waals surface area contributed by atoms with Crippen LogP contribution in [0.2, 0.25) is 0 Å². The van der Waals surface area contributed by atoms with Crippen molar-refractivity contribution in [3.63, 3.8) is 0 Å². The lowest BCUT2D eigenvalue weighted by atomic mass is 9.44. The standard InChI is InChI=1S/C31H41NO8/c1-32-14-29(15-36-2)12-11-18(37-3)31-17-13-30(35)26(40-28(34)16-9-7-6-8-10-16)19(17)20(22(33)27(30)39-5)21(25(31)32)23(38-4)24(29)31/h6-10,17-21,23-27,35H,11-15H2,1-5H3/t17-,18?,19-,20-,21?,23-,24+,25?,26+,27+,29-,30-,31?/m0/s1. The summed E-state index contributed by atoms with van der Waals surface area (Å²) in [6, 6.07) is 8.86. The molecule has 1 aromatic rings. The van der Waals surface area contributed by atoms with E-state index in [0.29, 0.717) is 18.6 Å². The maximum atomic E-state index is 14.4. The van der Waals surface area contributed by atoms with Crippen LogP contribution in [0.1, 0.15) is 29.6 Å². The number of hydrogen-bond acceptors (Lipinski definition) is 9. The molecule has 6 aliphatic rings. The molecule has 1 aromatic carbocycles. The first-order valence-electron chi connectivity index (χ1n) is 14.5. The zero-order chi connectivity index (χ0) is 28.2. The van der Waals surface area contributed by atoms with Crippen molar-refractivity contribution in [1.82, 2.24) is 4.90 Å². The van der Waals surface area contributed by atoms with Crippen molar-refractivity contribution in [2.45, 2.75) is 55.3 Å². The second-order valence-corrected chi connectivity index (χ2v) is 13.3. The molecule has 1 heterocycles. The summed E-state index contributed by atoms with van der Waals surface area (Å²) in [5.74, 6) is -1.64. The molecule has 0 aromatic heterocycles. The Kier molecular flexibility index (Phi) is 6.11. The van der Waals surface area contributed by atoms with E-state index < -0.39 is 35.1 Å². The van der Waals surface area contributed by atoms with Crippen molar-refractivity contribution in [3.8, 4) is 0 Å². The van der Waals surface area contributed by atoms with Crippen LogP contribution in [0.25, 0.3) is 0 Å². The second kappa shape index (κ2) is 9.06. The minimum absolute atomic E-state index is 0.0244. The van der Waals surface area contributed by atoms with Crippen LogP contribution < -0.4 is 0 Å². The maximum absolute atomic E-state index is 14.4. The number of methoxy groups -OCH3 is 4. The van der Waals surface area contributed by atoms with Gasteiger partial charge >= 0.3 is 5.97 Å². The van der Waals surface area contributed by atoms with Gasteiger partial charge in [-0.2, -0.15) is 0 Å². The van der Waals surface area contributed by atoms with E-state index in [1.54, 1.807) is 45.6 Å². The number of carbonyl (C=O) groups excluding carboxylic acids is 2. The highest BCUT2D eigenvalue weighted by Gasteiger charge is 2.86. The van der Waals surface area contributed by atoms with Crippen molar-refractivity contribution in [3.05, 3.63) is 35.9 Å². The number of Topliss-reactive ketones (excluding diaryl/α,β-unsaturated/α-hetero) is 1. The predicted molar refractivity (Wildman–Crippen MR) is 142 cm³/mol. The van der Waals surface area contributed by atoms with Crippen LogP contribution in [0.4, 0.5) is 0 Å². The lowest BCUT2D eigenvalue weighted by Gasteiger charge is -2.67. The van der Waals surface area contributed by atoms with Gasteiger partial charge in [-0.25, -0.2) is 4.79 Å². The third kappa shape index (κ3) is 2.99. The van der Waals surface area contributed by atoms with Gasteiger partial charge in [0.25, 0.3) is 0 Å². The average molecular weight is 556 g/mol. The van der Waals surface area contributed by atoms with Crippen molar-refractivity contribution in [1.29, 1.82) is 0 Å². The monoisotopic (exact) mass is 555 g/mol. The molecule has 5 aliphatic carbocycles. The largest absolute Gasteiger partial charge is 0.455 e. The Balaban J connectivity index is 1.43. The van der Waals surface area contributed by atoms with Gasteiger partial charge in [-0.3, -0.25) is 4.79 Å². The highest BCUT2D eigenvalue weighted by atomic mass is 16.6. The van der Waals surface area contributed by atoms with E-state index in [0.717, 1.165) is 19.4 Å². The zero-order valence-electron chi connectivity index (χ0n) is 23.9. The fraction of sp³-hybridized carbons (Fsp3) is 0.742. The highest BCUT2D eigenvalue weighted by Crippen LogP contribution is 2.78. The lowest BCUT2D eigenvalue weighted by molar-refractivity contribution is -0.247. The number of fused-ring (bicyclic) bond motifs is 2. The molecular formula is C31H41NO8. The fourth-order valence-corrected chi connectivity index (χ4v) is 11.6. The number of ether oxygens (including phenoxy) is 5. The Labute approximate surface area is 235 Å². The van der Waals surface area contributed by atoms with Crippen LogP contribution in [0, 0.1) is 40.4 Å². The molecule has 6 fully saturated rings. The number of benzene rings is 1. The summed E-state index contributed by atoms with van der Waals surface area (Å²) >= 11 is 0. The lowest BCUT2D eigenvalue weighted by Crippen LogP contribution is -2.74. The molecule has 7 rings (SSSR count). The summed E-state index contributed by atoms with van der Waals surface area (Å²) in [6.45, 7) is 1.44. The number of aliphatic hydroxyl groups is 1. The van der Waals surface area contributed by atoms with Gasteiger partial charge in [0.2, 0.25) is 0 Å². The van der Waals surface area contributed by atoms with Crippen LogP contribution in [0.15, 0.2) is 30.3 Å². The van der Waals surface area contributed by atoms with Gasteiger partial charge in [0.1, 0.15) is 17.8 Å². The van der Waals surface area contributed by atoms with Gasteiger partial charge in [0.05, 0.1) is 24.4 Å². The quantitative estimate of drug-likeness (QED) is 0.505. The van der Waals surface area contributed by atoms with Crippen LogP contribution >= 0.6 is 0 Å². The molecule has 4 unspecified atom stereocenters. The van der Waals surface area contributed by atoms with Crippen molar-refractivity contribution < 1.29 is 38.4 Å². The first-order chi connectivity index (χ1) is 19.2. The molecule has 1 spiro atoms. The van der Waals surface area contributed by atoms with Gasteiger partial charge < -0.3 is 33.7 Å². The summed E-state index contributed by atoms with van der Waals surface area (Å²) < 4.78 is 30.8. The first-order valence-corrected chi connectivity index (χ1v) is 14.5. The van der Waals surface area contributed by atoms with E-state index in [1.807, 2.05) is 6.07 Å². The second-order valence-electron chi connectivity index (χ2n) is 13.3. The number of hydrogen-bond donors (Lipinski definition) is 1. The van der Waals surface area contributed by atoms with E-state index in [4.69, 9.17) is 23.7 Å². The molecule has 7 bridgehead atoms. The first kappa shape index (κ1) is 27.0. The smallest absolute Gasteiger partial charge is 0.338 e. The Morgan fingerprint density at radius 1 is 1.07 bits per heavy atom. The minimum Gasteiger partial charge on any atom is -0.455 e. The minimum atomic E-state index is -1.63. The Morgan fingerprint density at radius 3 is 2.48 bits per heavy atom. The van der Waals surface area contributed by atoms with Crippen LogP contribution in [0.3, 0.4) is 0 Å². The van der Waals surface area contributed by atoms with Gasteiger partial charge in [-0.05, 0) is 44.4 Å². The van der Waals surface area contributed by atoms with E-state index in [1.165, 1.54) is 7.11 Å². The van der Waals surface area contributed by atoms with Crippen molar-refractivity contribution >= 4 is 11.8 Å². The van der Waals surface area contributed by atoms with Crippen LogP contribution in [-0.2, 0) is 28.5 Å². The van der Waals surface area contributed by atoms with Gasteiger partial charge in [0.15, 0.2) is 5.78 Å². The number of likely N-dealkylation sites (tertiary alicyclic amines) is 1. The number of nitrogens with zero attached hydrogens (tertiary/aromatic N) is 1. The normalized spacial score (nSPS) is 50.2. The molecule has 1 aliphatic heterocycles. The van der Waals surface area contributed by atoms with Crippen molar-refractivity contribution in [2.24, 2.45) is 40.4 Å². The third-order valence-electron chi connectivity index (χ3n) is 12.1. The van der Waals surface area contributed by atoms with Gasteiger partial charge in [0, 0.05) is 75.5 Å². The van der Waals surface area contributed by atoms with Crippen molar-refractivity contribution in [2.75, 3.05) is 48.6 Å². The molecular weight excluding hydrogens is 514 g/mol. The summed E-state index contributed by atoms with van der Waals surface area (Å²) in [7, 11) is 8.93. The summed E-state index contributed by atoms with van der Waals surface area (Å²) in [4.78, 5) is 30.3.